The average molecular weight is 273 g/mol. The minimum atomic E-state index is 0.364. The molecule has 2 bridgehead atoms. The summed E-state index contributed by atoms with van der Waals surface area (Å²) in [6.45, 7) is 0. The Hall–Kier alpha value is -1.16. The van der Waals surface area contributed by atoms with E-state index < -0.39 is 0 Å². The Labute approximate surface area is 120 Å². The lowest BCUT2D eigenvalue weighted by atomic mass is 9.88. The molecule has 1 aliphatic carbocycles. The van der Waals surface area contributed by atoms with Crippen LogP contribution in [0.1, 0.15) is 68.3 Å². The number of rotatable bonds is 3. The second-order valence-corrected chi connectivity index (χ2v) is 6.48. The first-order valence-electron chi connectivity index (χ1n) is 8.05. The van der Waals surface area contributed by atoms with E-state index in [0.29, 0.717) is 24.0 Å². The average Bonchev–Trinajstić information content (AvgIpc) is 3.23. The zero-order valence-electron chi connectivity index (χ0n) is 12.1. The van der Waals surface area contributed by atoms with Gasteiger partial charge in [0.05, 0.1) is 12.2 Å². The second-order valence-electron chi connectivity index (χ2n) is 6.48. The molecule has 108 valence electrons. The normalized spacial score (nSPS) is 33.0. The van der Waals surface area contributed by atoms with Crippen LogP contribution in [0, 0.1) is 0 Å². The topological polar surface area (TPSA) is 47.0 Å². The third-order valence-corrected chi connectivity index (χ3v) is 5.23. The zero-order chi connectivity index (χ0) is 13.5. The van der Waals surface area contributed by atoms with Crippen molar-refractivity contribution in [1.82, 2.24) is 9.97 Å². The molecular weight excluding hydrogens is 250 g/mol. The monoisotopic (exact) mass is 273 g/mol. The predicted octanol–water partition coefficient (Wildman–Crippen LogP) is 3.21. The van der Waals surface area contributed by atoms with Gasteiger partial charge in [-0.3, -0.25) is 0 Å². The van der Waals surface area contributed by atoms with Gasteiger partial charge in [0.25, 0.3) is 0 Å². The summed E-state index contributed by atoms with van der Waals surface area (Å²) in [7, 11) is 1.95. The summed E-state index contributed by atoms with van der Waals surface area (Å²) in [6, 6.07) is 2.15. The highest BCUT2D eigenvalue weighted by atomic mass is 16.5. The highest BCUT2D eigenvalue weighted by Gasteiger charge is 2.43. The van der Waals surface area contributed by atoms with Crippen LogP contribution < -0.4 is 5.32 Å². The van der Waals surface area contributed by atoms with E-state index >= 15 is 0 Å². The first-order chi connectivity index (χ1) is 9.83. The van der Waals surface area contributed by atoms with Gasteiger partial charge in [0.2, 0.25) is 0 Å². The maximum absolute atomic E-state index is 5.98. The van der Waals surface area contributed by atoms with Crippen molar-refractivity contribution in [3.63, 3.8) is 0 Å². The molecule has 0 spiro atoms. The van der Waals surface area contributed by atoms with Gasteiger partial charge < -0.3 is 10.1 Å². The molecule has 4 heteroatoms. The number of nitrogens with one attached hydrogen (secondary N) is 1. The summed E-state index contributed by atoms with van der Waals surface area (Å²) >= 11 is 0. The van der Waals surface area contributed by atoms with Crippen LogP contribution in [0.2, 0.25) is 0 Å². The first kappa shape index (κ1) is 12.6. The van der Waals surface area contributed by atoms with E-state index in [1.165, 1.54) is 44.2 Å². The van der Waals surface area contributed by atoms with Crippen molar-refractivity contribution in [2.24, 2.45) is 0 Å². The first-order valence-corrected chi connectivity index (χ1v) is 8.05. The largest absolute Gasteiger partial charge is 0.374 e. The van der Waals surface area contributed by atoms with E-state index in [-0.39, 0.29) is 0 Å². The lowest BCUT2D eigenvalue weighted by molar-refractivity contribution is 0.0998. The molecule has 4 nitrogen and oxygen atoms in total. The standard InChI is InChI=1S/C16H23N3O/c1-17-15-9-13(10-4-2-3-5-10)18-16(19-15)12-8-11-6-7-14(12)20-11/h9-12,14H,2-8H2,1H3,(H,17,18,19). The molecule has 1 N–H and O–H groups in total. The lowest BCUT2D eigenvalue weighted by Crippen LogP contribution is -2.18. The number of ether oxygens (including phenoxy) is 1. The number of hydrogen-bond donors (Lipinski definition) is 1. The van der Waals surface area contributed by atoms with E-state index in [2.05, 4.69) is 11.4 Å². The Bertz CT molecular complexity index is 498. The number of nitrogens with zero attached hydrogens (tertiary/aromatic N) is 2. The van der Waals surface area contributed by atoms with Crippen LogP contribution in [0.25, 0.3) is 0 Å². The number of hydrogen-bond acceptors (Lipinski definition) is 4. The van der Waals surface area contributed by atoms with Crippen LogP contribution in [0.5, 0.6) is 0 Å². The highest BCUT2D eigenvalue weighted by molar-refractivity contribution is 5.37. The van der Waals surface area contributed by atoms with Crippen molar-refractivity contribution in [2.75, 3.05) is 12.4 Å². The second kappa shape index (κ2) is 4.99. The molecule has 3 atom stereocenters. The van der Waals surface area contributed by atoms with Gasteiger partial charge in [-0.1, -0.05) is 12.8 Å². The molecule has 3 unspecified atom stereocenters. The van der Waals surface area contributed by atoms with E-state index in [0.717, 1.165) is 18.1 Å². The highest BCUT2D eigenvalue weighted by Crippen LogP contribution is 2.44. The van der Waals surface area contributed by atoms with Crippen LogP contribution in [-0.2, 0) is 4.74 Å². The third-order valence-electron chi connectivity index (χ3n) is 5.23. The molecule has 3 aliphatic rings. The van der Waals surface area contributed by atoms with Crippen LogP contribution >= 0.6 is 0 Å². The molecule has 20 heavy (non-hydrogen) atoms. The summed E-state index contributed by atoms with van der Waals surface area (Å²) in [5, 5.41) is 3.21. The van der Waals surface area contributed by atoms with Crippen LogP contribution in [0.3, 0.4) is 0 Å². The van der Waals surface area contributed by atoms with Gasteiger partial charge in [-0.2, -0.15) is 0 Å². The van der Waals surface area contributed by atoms with Crippen molar-refractivity contribution < 1.29 is 4.74 Å². The quantitative estimate of drug-likeness (QED) is 0.918. The summed E-state index contributed by atoms with van der Waals surface area (Å²) in [6.07, 6.45) is 9.60. The molecule has 1 aromatic heterocycles. The number of anilines is 1. The Morgan fingerprint density at radius 1 is 1.15 bits per heavy atom. The van der Waals surface area contributed by atoms with Crippen molar-refractivity contribution in [1.29, 1.82) is 0 Å². The van der Waals surface area contributed by atoms with E-state index in [4.69, 9.17) is 14.7 Å². The predicted molar refractivity (Wildman–Crippen MR) is 78.0 cm³/mol. The van der Waals surface area contributed by atoms with Crippen molar-refractivity contribution in [2.45, 2.75) is 69.0 Å². The van der Waals surface area contributed by atoms with Gasteiger partial charge in [-0.25, -0.2) is 9.97 Å². The molecule has 1 saturated carbocycles. The maximum Gasteiger partial charge on any atom is 0.136 e. The van der Waals surface area contributed by atoms with E-state index in [1.807, 2.05) is 7.05 Å². The number of aromatic nitrogens is 2. The molecule has 3 heterocycles. The fraction of sp³-hybridized carbons (Fsp3) is 0.750. The third kappa shape index (κ3) is 2.10. The molecule has 0 aromatic carbocycles. The zero-order valence-corrected chi connectivity index (χ0v) is 12.1. The molecule has 4 rings (SSSR count). The fourth-order valence-corrected chi connectivity index (χ4v) is 4.12. The summed E-state index contributed by atoms with van der Waals surface area (Å²) in [5.41, 5.74) is 1.25. The van der Waals surface area contributed by atoms with Crippen LogP contribution in [0.4, 0.5) is 5.82 Å². The minimum absolute atomic E-state index is 0.364. The van der Waals surface area contributed by atoms with Crippen molar-refractivity contribution >= 4 is 5.82 Å². The Balaban J connectivity index is 1.66. The van der Waals surface area contributed by atoms with E-state index in [1.54, 1.807) is 0 Å². The SMILES string of the molecule is CNc1cc(C2CCCC2)nc(C2CC3CCC2O3)n1. The Morgan fingerprint density at radius 3 is 2.65 bits per heavy atom. The maximum atomic E-state index is 5.98. The summed E-state index contributed by atoms with van der Waals surface area (Å²) in [4.78, 5) is 9.65. The molecular formula is C16H23N3O. The van der Waals surface area contributed by atoms with Gasteiger partial charge in [0, 0.05) is 30.6 Å². The van der Waals surface area contributed by atoms with Gasteiger partial charge in [0.15, 0.2) is 0 Å². The fourth-order valence-electron chi connectivity index (χ4n) is 4.12. The minimum Gasteiger partial charge on any atom is -0.374 e. The van der Waals surface area contributed by atoms with Gasteiger partial charge in [-0.15, -0.1) is 0 Å². The smallest absolute Gasteiger partial charge is 0.136 e. The Morgan fingerprint density at radius 2 is 2.00 bits per heavy atom. The molecule has 1 aromatic rings. The van der Waals surface area contributed by atoms with Crippen molar-refractivity contribution in [3.8, 4) is 0 Å². The number of fused-ring (bicyclic) bond motifs is 2. The van der Waals surface area contributed by atoms with Gasteiger partial charge in [0.1, 0.15) is 11.6 Å². The summed E-state index contributed by atoms with van der Waals surface area (Å²) < 4.78 is 5.98. The lowest BCUT2D eigenvalue weighted by Gasteiger charge is -2.20. The van der Waals surface area contributed by atoms with Gasteiger partial charge in [-0.05, 0) is 32.1 Å². The van der Waals surface area contributed by atoms with Crippen LogP contribution in [0.15, 0.2) is 6.07 Å². The van der Waals surface area contributed by atoms with E-state index in [9.17, 15) is 0 Å². The summed E-state index contributed by atoms with van der Waals surface area (Å²) in [5.74, 6) is 3.05. The van der Waals surface area contributed by atoms with Gasteiger partial charge >= 0.3 is 0 Å². The van der Waals surface area contributed by atoms with Crippen LogP contribution in [-0.4, -0.2) is 29.2 Å². The van der Waals surface area contributed by atoms with Crippen molar-refractivity contribution in [3.05, 3.63) is 17.6 Å². The molecule has 0 amide bonds. The Kier molecular flexibility index (Phi) is 3.14. The molecule has 3 fully saturated rings. The molecule has 2 aliphatic heterocycles. The molecule has 0 radical (unpaired) electrons. The molecule has 2 saturated heterocycles.